The second-order valence-electron chi connectivity index (χ2n) is 8.48. The van der Waals surface area contributed by atoms with Crippen LogP contribution in [0.2, 0.25) is 0 Å². The van der Waals surface area contributed by atoms with Crippen LogP contribution in [0.5, 0.6) is 11.5 Å². The summed E-state index contributed by atoms with van der Waals surface area (Å²) >= 11 is 5.83. The Bertz CT molecular complexity index is 1430. The summed E-state index contributed by atoms with van der Waals surface area (Å²) < 4.78 is 16.6. The maximum atomic E-state index is 5.84. The number of methoxy groups -OCH3 is 2. The molecule has 1 atom stereocenters. The summed E-state index contributed by atoms with van der Waals surface area (Å²) in [5, 5.41) is 8.33. The van der Waals surface area contributed by atoms with Gasteiger partial charge in [0.25, 0.3) is 5.89 Å². The summed E-state index contributed by atoms with van der Waals surface area (Å²) in [4.78, 5) is 6.76. The minimum atomic E-state index is -0.312. The molecule has 0 spiro atoms. The molecule has 182 valence electrons. The lowest BCUT2D eigenvalue weighted by atomic mass is 9.94. The SMILES string of the molecule is COc1ccc(N2C(=S)NC(c3cccc(OC)c3)C(c3nc(-c4ccc(C)cc4)no3)=C2C)cc1. The monoisotopic (exact) mass is 498 g/mol. The first-order chi connectivity index (χ1) is 17.5. The summed E-state index contributed by atoms with van der Waals surface area (Å²) in [6, 6.07) is 23.3. The molecule has 0 saturated carbocycles. The van der Waals surface area contributed by atoms with Gasteiger partial charge in [-0.2, -0.15) is 4.98 Å². The van der Waals surface area contributed by atoms with Gasteiger partial charge in [-0.15, -0.1) is 0 Å². The molecule has 1 unspecified atom stereocenters. The van der Waals surface area contributed by atoms with E-state index < -0.39 is 0 Å². The van der Waals surface area contributed by atoms with Crippen molar-refractivity contribution in [2.45, 2.75) is 19.9 Å². The zero-order valence-electron chi connectivity index (χ0n) is 20.5. The number of anilines is 1. The molecule has 0 aliphatic carbocycles. The number of allylic oxidation sites excluding steroid dienone is 1. The molecule has 8 heteroatoms. The lowest BCUT2D eigenvalue weighted by Gasteiger charge is -2.37. The zero-order chi connectivity index (χ0) is 25.2. The van der Waals surface area contributed by atoms with E-state index in [2.05, 4.69) is 10.5 Å². The van der Waals surface area contributed by atoms with Gasteiger partial charge < -0.3 is 19.3 Å². The molecule has 0 bridgehead atoms. The molecule has 0 radical (unpaired) electrons. The first kappa shape index (κ1) is 23.6. The summed E-state index contributed by atoms with van der Waals surface area (Å²) in [6.45, 7) is 4.05. The van der Waals surface area contributed by atoms with Crippen LogP contribution in [0.3, 0.4) is 0 Å². The molecule has 7 nitrogen and oxygen atoms in total. The van der Waals surface area contributed by atoms with Gasteiger partial charge in [0, 0.05) is 16.9 Å². The van der Waals surface area contributed by atoms with E-state index in [9.17, 15) is 0 Å². The molecule has 5 rings (SSSR count). The van der Waals surface area contributed by atoms with Crippen LogP contribution in [-0.4, -0.2) is 29.5 Å². The number of benzene rings is 3. The standard InChI is InChI=1S/C28H26N4O3S/c1-17-8-10-19(11-9-17)26-30-27(35-31-26)24-18(2)32(21-12-14-22(33-3)15-13-21)28(36)29-25(24)20-6-5-7-23(16-20)34-4/h5-16,25H,1-4H3,(H,29,36). The highest BCUT2D eigenvalue weighted by atomic mass is 32.1. The van der Waals surface area contributed by atoms with Crippen LogP contribution in [0.4, 0.5) is 5.69 Å². The molecular weight excluding hydrogens is 472 g/mol. The van der Waals surface area contributed by atoms with Crippen LogP contribution in [0.1, 0.15) is 30.0 Å². The third-order valence-corrected chi connectivity index (χ3v) is 6.51. The second kappa shape index (κ2) is 9.83. The van der Waals surface area contributed by atoms with Crippen molar-refractivity contribution >= 4 is 28.6 Å². The molecule has 1 aliphatic heterocycles. The van der Waals surface area contributed by atoms with Gasteiger partial charge in [-0.25, -0.2) is 0 Å². The highest BCUT2D eigenvalue weighted by molar-refractivity contribution is 7.80. The number of ether oxygens (including phenoxy) is 2. The quantitative estimate of drug-likeness (QED) is 0.328. The Morgan fingerprint density at radius 2 is 1.64 bits per heavy atom. The minimum absolute atomic E-state index is 0.312. The van der Waals surface area contributed by atoms with Crippen molar-refractivity contribution in [1.29, 1.82) is 0 Å². The third-order valence-electron chi connectivity index (χ3n) is 6.21. The van der Waals surface area contributed by atoms with Crippen LogP contribution >= 0.6 is 12.2 Å². The van der Waals surface area contributed by atoms with Crippen molar-refractivity contribution in [1.82, 2.24) is 15.5 Å². The molecule has 4 aromatic rings. The van der Waals surface area contributed by atoms with Crippen molar-refractivity contribution in [2.75, 3.05) is 19.1 Å². The first-order valence-corrected chi connectivity index (χ1v) is 11.9. The molecule has 0 amide bonds. The van der Waals surface area contributed by atoms with Gasteiger partial charge in [0.1, 0.15) is 11.5 Å². The topological polar surface area (TPSA) is 72.7 Å². The largest absolute Gasteiger partial charge is 0.497 e. The molecule has 2 heterocycles. The molecule has 36 heavy (non-hydrogen) atoms. The van der Waals surface area contributed by atoms with Crippen LogP contribution in [-0.2, 0) is 0 Å². The summed E-state index contributed by atoms with van der Waals surface area (Å²) in [7, 11) is 3.29. The van der Waals surface area contributed by atoms with E-state index in [1.54, 1.807) is 14.2 Å². The third kappa shape index (κ3) is 4.43. The number of aromatic nitrogens is 2. The van der Waals surface area contributed by atoms with E-state index in [4.69, 9.17) is 31.2 Å². The predicted molar refractivity (Wildman–Crippen MR) is 144 cm³/mol. The second-order valence-corrected chi connectivity index (χ2v) is 8.87. The fourth-order valence-corrected chi connectivity index (χ4v) is 4.65. The Balaban J connectivity index is 1.64. The number of hydrogen-bond donors (Lipinski definition) is 1. The van der Waals surface area contributed by atoms with Crippen LogP contribution in [0.15, 0.2) is 83.0 Å². The van der Waals surface area contributed by atoms with Crippen molar-refractivity contribution in [3.63, 3.8) is 0 Å². The number of nitrogens with one attached hydrogen (secondary N) is 1. The maximum Gasteiger partial charge on any atom is 0.258 e. The number of thiocarbonyl (C=S) groups is 1. The smallest absolute Gasteiger partial charge is 0.258 e. The highest BCUT2D eigenvalue weighted by Crippen LogP contribution is 2.40. The van der Waals surface area contributed by atoms with Crippen molar-refractivity contribution < 1.29 is 14.0 Å². The fraction of sp³-hybridized carbons (Fsp3) is 0.179. The molecule has 3 aromatic carbocycles. The number of rotatable bonds is 6. The Morgan fingerprint density at radius 3 is 2.33 bits per heavy atom. The Hall–Kier alpha value is -4.17. The number of nitrogens with zero attached hydrogens (tertiary/aromatic N) is 3. The van der Waals surface area contributed by atoms with Gasteiger partial charge in [-0.3, -0.25) is 4.90 Å². The van der Waals surface area contributed by atoms with Crippen molar-refractivity contribution in [3.05, 3.63) is 95.5 Å². The summed E-state index contributed by atoms with van der Waals surface area (Å²) in [6.07, 6.45) is 0. The maximum absolute atomic E-state index is 5.84. The van der Waals surface area contributed by atoms with Gasteiger partial charge in [0.2, 0.25) is 5.82 Å². The van der Waals surface area contributed by atoms with Gasteiger partial charge in [-0.1, -0.05) is 47.1 Å². The van der Waals surface area contributed by atoms with Gasteiger partial charge in [0.05, 0.1) is 25.8 Å². The average molecular weight is 499 g/mol. The van der Waals surface area contributed by atoms with E-state index in [-0.39, 0.29) is 6.04 Å². The summed E-state index contributed by atoms with van der Waals surface area (Å²) in [5.74, 6) is 2.47. The normalized spacial score (nSPS) is 15.6. The Morgan fingerprint density at radius 1 is 0.917 bits per heavy atom. The molecule has 0 fully saturated rings. The summed E-state index contributed by atoms with van der Waals surface area (Å²) in [5.41, 5.74) is 5.63. The van der Waals surface area contributed by atoms with Gasteiger partial charge in [-0.05, 0) is 68.0 Å². The van der Waals surface area contributed by atoms with Crippen LogP contribution in [0.25, 0.3) is 17.0 Å². The van der Waals surface area contributed by atoms with E-state index >= 15 is 0 Å². The van der Waals surface area contributed by atoms with E-state index in [0.29, 0.717) is 16.8 Å². The predicted octanol–water partition coefficient (Wildman–Crippen LogP) is 5.93. The van der Waals surface area contributed by atoms with E-state index in [0.717, 1.165) is 39.6 Å². The first-order valence-electron chi connectivity index (χ1n) is 11.5. The number of aryl methyl sites for hydroxylation is 1. The van der Waals surface area contributed by atoms with Gasteiger partial charge >= 0.3 is 0 Å². The molecule has 0 saturated heterocycles. The molecule has 1 aliphatic rings. The fourth-order valence-electron chi connectivity index (χ4n) is 4.29. The van der Waals surface area contributed by atoms with Crippen molar-refractivity contribution in [2.24, 2.45) is 0 Å². The average Bonchev–Trinajstić information content (AvgIpc) is 3.39. The Labute approximate surface area is 215 Å². The van der Waals surface area contributed by atoms with E-state index in [1.165, 1.54) is 5.56 Å². The molecular formula is C28H26N4O3S. The lowest BCUT2D eigenvalue weighted by molar-refractivity contribution is 0.403. The van der Waals surface area contributed by atoms with Crippen molar-refractivity contribution in [3.8, 4) is 22.9 Å². The number of hydrogen-bond acceptors (Lipinski definition) is 6. The van der Waals surface area contributed by atoms with Crippen LogP contribution in [0, 0.1) is 6.92 Å². The molecule has 1 aromatic heterocycles. The van der Waals surface area contributed by atoms with E-state index in [1.807, 2.05) is 91.5 Å². The lowest BCUT2D eigenvalue weighted by Crippen LogP contribution is -2.46. The zero-order valence-corrected chi connectivity index (χ0v) is 21.3. The Kier molecular flexibility index (Phi) is 6.43. The van der Waals surface area contributed by atoms with Gasteiger partial charge in [0.15, 0.2) is 5.11 Å². The minimum Gasteiger partial charge on any atom is -0.497 e. The van der Waals surface area contributed by atoms with Crippen LogP contribution < -0.4 is 19.7 Å². The highest BCUT2D eigenvalue weighted by Gasteiger charge is 2.35. The molecule has 1 N–H and O–H groups in total.